The minimum Gasteiger partial charge on any atom is -0.314 e. The van der Waals surface area contributed by atoms with E-state index in [0.717, 1.165) is 18.8 Å². The molecule has 0 amide bonds. The standard InChI is InChI=1S/C13H24N4/c1-11(2)14-9-8-13-16-15-10-17(13)12-6-4-3-5-7-12/h10-12,14H,3-9H2,1-2H3. The van der Waals surface area contributed by atoms with Crippen molar-refractivity contribution in [3.05, 3.63) is 12.2 Å². The van der Waals surface area contributed by atoms with Gasteiger partial charge in [0, 0.05) is 25.0 Å². The Morgan fingerprint density at radius 1 is 1.35 bits per heavy atom. The van der Waals surface area contributed by atoms with Crippen LogP contribution in [0.5, 0.6) is 0 Å². The van der Waals surface area contributed by atoms with Crippen LogP contribution in [0.15, 0.2) is 6.33 Å². The van der Waals surface area contributed by atoms with Gasteiger partial charge in [-0.3, -0.25) is 0 Å². The maximum absolute atomic E-state index is 4.26. The summed E-state index contributed by atoms with van der Waals surface area (Å²) < 4.78 is 2.31. The molecule has 0 aliphatic heterocycles. The molecule has 1 saturated carbocycles. The smallest absolute Gasteiger partial charge is 0.134 e. The fraction of sp³-hybridized carbons (Fsp3) is 0.846. The first kappa shape index (κ1) is 12.6. The lowest BCUT2D eigenvalue weighted by Crippen LogP contribution is -2.26. The zero-order valence-corrected chi connectivity index (χ0v) is 11.0. The molecule has 1 N–H and O–H groups in total. The van der Waals surface area contributed by atoms with Gasteiger partial charge < -0.3 is 9.88 Å². The van der Waals surface area contributed by atoms with Gasteiger partial charge in [-0.25, -0.2) is 0 Å². The van der Waals surface area contributed by atoms with E-state index in [0.29, 0.717) is 12.1 Å². The molecule has 1 heterocycles. The third-order valence-electron chi connectivity index (χ3n) is 3.52. The molecule has 17 heavy (non-hydrogen) atoms. The van der Waals surface area contributed by atoms with E-state index in [1.165, 1.54) is 32.1 Å². The van der Waals surface area contributed by atoms with Crippen molar-refractivity contribution < 1.29 is 0 Å². The highest BCUT2D eigenvalue weighted by molar-refractivity contribution is 4.91. The maximum atomic E-state index is 4.26. The molecule has 0 bridgehead atoms. The summed E-state index contributed by atoms with van der Waals surface area (Å²) in [6.07, 6.45) is 9.59. The highest BCUT2D eigenvalue weighted by atomic mass is 15.3. The third kappa shape index (κ3) is 3.53. The van der Waals surface area contributed by atoms with Crippen LogP contribution in [0.2, 0.25) is 0 Å². The van der Waals surface area contributed by atoms with Gasteiger partial charge in [-0.05, 0) is 12.8 Å². The van der Waals surface area contributed by atoms with Gasteiger partial charge in [-0.1, -0.05) is 33.1 Å². The van der Waals surface area contributed by atoms with Crippen LogP contribution in [0, 0.1) is 0 Å². The molecule has 1 aliphatic rings. The Labute approximate surface area is 104 Å². The van der Waals surface area contributed by atoms with E-state index in [1.54, 1.807) is 0 Å². The molecular weight excluding hydrogens is 212 g/mol. The van der Waals surface area contributed by atoms with Crippen LogP contribution in [-0.2, 0) is 6.42 Å². The van der Waals surface area contributed by atoms with Gasteiger partial charge in [0.2, 0.25) is 0 Å². The lowest BCUT2D eigenvalue weighted by atomic mass is 9.95. The summed E-state index contributed by atoms with van der Waals surface area (Å²) in [4.78, 5) is 0. The summed E-state index contributed by atoms with van der Waals surface area (Å²) in [5.41, 5.74) is 0. The topological polar surface area (TPSA) is 42.7 Å². The zero-order chi connectivity index (χ0) is 12.1. The van der Waals surface area contributed by atoms with Crippen molar-refractivity contribution in [1.82, 2.24) is 20.1 Å². The Kier molecular flexibility index (Phi) is 4.54. The summed E-state index contributed by atoms with van der Waals surface area (Å²) in [6, 6.07) is 1.19. The van der Waals surface area contributed by atoms with Crippen molar-refractivity contribution in [3.8, 4) is 0 Å². The summed E-state index contributed by atoms with van der Waals surface area (Å²) in [5.74, 6) is 1.14. The molecule has 4 heteroatoms. The first-order valence-corrected chi connectivity index (χ1v) is 6.89. The SMILES string of the molecule is CC(C)NCCc1nncn1C1CCCCC1. The van der Waals surface area contributed by atoms with Crippen LogP contribution < -0.4 is 5.32 Å². The largest absolute Gasteiger partial charge is 0.314 e. The van der Waals surface area contributed by atoms with Gasteiger partial charge in [-0.15, -0.1) is 10.2 Å². The lowest BCUT2D eigenvalue weighted by molar-refractivity contribution is 0.344. The van der Waals surface area contributed by atoms with Crippen molar-refractivity contribution in [2.75, 3.05) is 6.54 Å². The monoisotopic (exact) mass is 236 g/mol. The van der Waals surface area contributed by atoms with E-state index in [2.05, 4.69) is 33.9 Å². The van der Waals surface area contributed by atoms with Gasteiger partial charge in [0.25, 0.3) is 0 Å². The normalized spacial score (nSPS) is 17.8. The molecule has 1 aromatic rings. The number of aromatic nitrogens is 3. The van der Waals surface area contributed by atoms with Crippen LogP contribution in [0.1, 0.15) is 57.8 Å². The summed E-state index contributed by atoms with van der Waals surface area (Å²) >= 11 is 0. The second-order valence-electron chi connectivity index (χ2n) is 5.31. The number of hydrogen-bond acceptors (Lipinski definition) is 3. The molecule has 0 aromatic carbocycles. The second kappa shape index (κ2) is 6.15. The van der Waals surface area contributed by atoms with E-state index in [1.807, 2.05) is 6.33 Å². The van der Waals surface area contributed by atoms with Crippen molar-refractivity contribution >= 4 is 0 Å². The Bertz CT molecular complexity index is 326. The van der Waals surface area contributed by atoms with Gasteiger partial charge in [0.1, 0.15) is 12.2 Å². The Morgan fingerprint density at radius 2 is 2.12 bits per heavy atom. The Morgan fingerprint density at radius 3 is 2.82 bits per heavy atom. The van der Waals surface area contributed by atoms with Gasteiger partial charge in [-0.2, -0.15) is 0 Å². The van der Waals surface area contributed by atoms with Crippen LogP contribution in [0.25, 0.3) is 0 Å². The number of rotatable bonds is 5. The first-order valence-electron chi connectivity index (χ1n) is 6.89. The number of nitrogens with zero attached hydrogens (tertiary/aromatic N) is 3. The molecule has 0 saturated heterocycles. The van der Waals surface area contributed by atoms with Crippen molar-refractivity contribution in [3.63, 3.8) is 0 Å². The van der Waals surface area contributed by atoms with E-state index in [-0.39, 0.29) is 0 Å². The highest BCUT2D eigenvalue weighted by Gasteiger charge is 2.18. The van der Waals surface area contributed by atoms with Crippen molar-refractivity contribution in [1.29, 1.82) is 0 Å². The molecule has 4 nitrogen and oxygen atoms in total. The number of hydrogen-bond donors (Lipinski definition) is 1. The third-order valence-corrected chi connectivity index (χ3v) is 3.52. The summed E-state index contributed by atoms with van der Waals surface area (Å²) in [6.45, 7) is 5.33. The fourth-order valence-electron chi connectivity index (χ4n) is 2.58. The van der Waals surface area contributed by atoms with Crippen LogP contribution >= 0.6 is 0 Å². The molecule has 1 aliphatic carbocycles. The molecule has 2 rings (SSSR count). The Balaban J connectivity index is 1.91. The van der Waals surface area contributed by atoms with Crippen molar-refractivity contribution in [2.24, 2.45) is 0 Å². The maximum Gasteiger partial charge on any atom is 0.134 e. The molecule has 0 radical (unpaired) electrons. The molecular formula is C13H24N4. The van der Waals surface area contributed by atoms with E-state index >= 15 is 0 Å². The van der Waals surface area contributed by atoms with E-state index in [4.69, 9.17) is 0 Å². The molecule has 96 valence electrons. The predicted molar refractivity (Wildman–Crippen MR) is 69.0 cm³/mol. The zero-order valence-electron chi connectivity index (χ0n) is 11.0. The number of nitrogens with one attached hydrogen (secondary N) is 1. The first-order chi connectivity index (χ1) is 8.27. The molecule has 0 atom stereocenters. The van der Waals surface area contributed by atoms with E-state index in [9.17, 15) is 0 Å². The quantitative estimate of drug-likeness (QED) is 0.853. The average Bonchev–Trinajstić information content (AvgIpc) is 2.78. The minimum absolute atomic E-state index is 0.543. The van der Waals surface area contributed by atoms with Gasteiger partial charge in [0.05, 0.1) is 0 Å². The summed E-state index contributed by atoms with van der Waals surface area (Å²) in [7, 11) is 0. The van der Waals surface area contributed by atoms with Gasteiger partial charge in [0.15, 0.2) is 0 Å². The average molecular weight is 236 g/mol. The Hall–Kier alpha value is -0.900. The second-order valence-corrected chi connectivity index (χ2v) is 5.31. The van der Waals surface area contributed by atoms with Crippen LogP contribution in [-0.4, -0.2) is 27.4 Å². The van der Waals surface area contributed by atoms with Crippen LogP contribution in [0.4, 0.5) is 0 Å². The van der Waals surface area contributed by atoms with Crippen molar-refractivity contribution in [2.45, 2.75) is 64.5 Å². The van der Waals surface area contributed by atoms with Crippen LogP contribution in [0.3, 0.4) is 0 Å². The molecule has 0 spiro atoms. The predicted octanol–water partition coefficient (Wildman–Crippen LogP) is 2.32. The molecule has 1 aromatic heterocycles. The fourth-order valence-corrected chi connectivity index (χ4v) is 2.58. The highest BCUT2D eigenvalue weighted by Crippen LogP contribution is 2.28. The minimum atomic E-state index is 0.543. The molecule has 0 unspecified atom stereocenters. The summed E-state index contributed by atoms with van der Waals surface area (Å²) in [5, 5.41) is 11.8. The van der Waals surface area contributed by atoms with E-state index < -0.39 is 0 Å². The molecule has 1 fully saturated rings. The van der Waals surface area contributed by atoms with Gasteiger partial charge >= 0.3 is 0 Å². The lowest BCUT2D eigenvalue weighted by Gasteiger charge is -2.24.